The molecule has 0 fully saturated rings. The normalized spacial score (nSPS) is 11.8. The van der Waals surface area contributed by atoms with E-state index in [1.165, 1.54) is 17.0 Å². The third-order valence-corrected chi connectivity index (χ3v) is 4.32. The quantitative estimate of drug-likeness (QED) is 0.599. The predicted octanol–water partition coefficient (Wildman–Crippen LogP) is 4.48. The summed E-state index contributed by atoms with van der Waals surface area (Å²) in [4.78, 5) is 36.4. The molecule has 9 heteroatoms. The number of amides is 2. The molecule has 0 aromatic heterocycles. The fourth-order valence-corrected chi connectivity index (χ4v) is 2.72. The largest absolute Gasteiger partial charge is 0.494 e. The molecule has 2 N–H and O–H groups in total. The van der Waals surface area contributed by atoms with E-state index in [-0.39, 0.29) is 12.2 Å². The van der Waals surface area contributed by atoms with Crippen LogP contribution in [0.25, 0.3) is 0 Å². The average molecular weight is 459 g/mol. The molecular weight excluding hydrogens is 428 g/mol. The van der Waals surface area contributed by atoms with E-state index >= 15 is 0 Å². The summed E-state index contributed by atoms with van der Waals surface area (Å²) in [5.74, 6) is -0.118. The van der Waals surface area contributed by atoms with E-state index in [1.54, 1.807) is 71.3 Å². The van der Waals surface area contributed by atoms with E-state index < -0.39 is 29.8 Å². The summed E-state index contributed by atoms with van der Waals surface area (Å²) in [6.45, 7) is 5.59. The van der Waals surface area contributed by atoms with Crippen LogP contribution >= 0.6 is 0 Å². The number of alkyl carbamates (subject to hydrolysis) is 1. The van der Waals surface area contributed by atoms with Crippen LogP contribution in [0, 0.1) is 0 Å². The maximum atomic E-state index is 12.4. The van der Waals surface area contributed by atoms with Gasteiger partial charge in [0.05, 0.1) is 18.2 Å². The maximum absolute atomic E-state index is 12.4. The van der Waals surface area contributed by atoms with Crippen molar-refractivity contribution in [2.75, 3.05) is 20.7 Å². The highest BCUT2D eigenvalue weighted by atomic mass is 16.6. The zero-order valence-electron chi connectivity index (χ0n) is 19.5. The van der Waals surface area contributed by atoms with Crippen molar-refractivity contribution in [1.82, 2.24) is 10.2 Å². The van der Waals surface area contributed by atoms with Gasteiger partial charge in [0.15, 0.2) is 0 Å². The predicted molar refractivity (Wildman–Crippen MR) is 122 cm³/mol. The minimum Gasteiger partial charge on any atom is -0.494 e. The van der Waals surface area contributed by atoms with Gasteiger partial charge in [0, 0.05) is 20.5 Å². The molecule has 0 aliphatic heterocycles. The van der Waals surface area contributed by atoms with E-state index in [4.69, 9.17) is 19.3 Å². The van der Waals surface area contributed by atoms with Gasteiger partial charge >= 0.3 is 18.2 Å². The van der Waals surface area contributed by atoms with Crippen molar-refractivity contribution in [3.63, 3.8) is 0 Å². The Morgan fingerprint density at radius 1 is 0.970 bits per heavy atom. The molecule has 2 rings (SSSR count). The van der Waals surface area contributed by atoms with Crippen LogP contribution in [-0.4, -0.2) is 54.5 Å². The van der Waals surface area contributed by atoms with Crippen LogP contribution in [0.4, 0.5) is 9.59 Å². The Morgan fingerprint density at radius 3 is 2.06 bits per heavy atom. The molecular formula is C24H30N2O7. The molecule has 0 aliphatic carbocycles. The topological polar surface area (TPSA) is 114 Å². The fraction of sp³-hybridized carbons (Fsp3) is 0.375. The van der Waals surface area contributed by atoms with Crippen molar-refractivity contribution in [2.24, 2.45) is 0 Å². The van der Waals surface area contributed by atoms with E-state index in [1.807, 2.05) is 0 Å². The molecule has 0 spiro atoms. The lowest BCUT2D eigenvalue weighted by molar-refractivity contribution is 0.0496. The number of hydrogen-bond donors (Lipinski definition) is 2. The molecule has 0 saturated carbocycles. The molecule has 2 amide bonds. The average Bonchev–Trinajstić information content (AvgIpc) is 2.72. The van der Waals surface area contributed by atoms with E-state index in [2.05, 4.69) is 5.32 Å². The summed E-state index contributed by atoms with van der Waals surface area (Å²) in [5, 5.41) is 11.8. The Kier molecular flexibility index (Phi) is 8.67. The highest BCUT2D eigenvalue weighted by molar-refractivity contribution is 5.87. The Hall–Kier alpha value is -3.75. The van der Waals surface area contributed by atoms with Gasteiger partial charge < -0.3 is 29.5 Å². The van der Waals surface area contributed by atoms with Crippen molar-refractivity contribution in [3.05, 3.63) is 59.7 Å². The lowest BCUT2D eigenvalue weighted by Crippen LogP contribution is -2.35. The van der Waals surface area contributed by atoms with Gasteiger partial charge in [-0.2, -0.15) is 0 Å². The SMILES string of the molecule is CN(C)C(=O)Oc1ccc(C(CCOc2ccc(C(=O)O)cc2)NC(=O)OC(C)(C)C)cc1. The Morgan fingerprint density at radius 2 is 1.55 bits per heavy atom. The molecule has 2 aromatic rings. The third-order valence-electron chi connectivity index (χ3n) is 4.32. The molecule has 33 heavy (non-hydrogen) atoms. The first kappa shape index (κ1) is 25.5. The minimum atomic E-state index is -1.01. The summed E-state index contributed by atoms with van der Waals surface area (Å²) < 4.78 is 16.3. The monoisotopic (exact) mass is 458 g/mol. The van der Waals surface area contributed by atoms with Crippen molar-refractivity contribution >= 4 is 18.2 Å². The van der Waals surface area contributed by atoms with Gasteiger partial charge in [-0.15, -0.1) is 0 Å². The summed E-state index contributed by atoms with van der Waals surface area (Å²) in [5.41, 5.74) is 0.290. The number of carbonyl (C=O) groups is 3. The van der Waals surface area contributed by atoms with Gasteiger partial charge in [-0.05, 0) is 62.7 Å². The van der Waals surface area contributed by atoms with Crippen LogP contribution in [0.1, 0.15) is 49.2 Å². The standard InChI is InChI=1S/C24H30N2O7/c1-24(2,3)33-22(29)25-20(14-15-31-18-10-8-17(9-11-18)21(27)28)16-6-12-19(13-7-16)32-23(30)26(4)5/h6-13,20H,14-15H2,1-5H3,(H,25,29)(H,27,28). The number of nitrogens with one attached hydrogen (secondary N) is 1. The molecule has 0 aliphatic rings. The first-order valence-electron chi connectivity index (χ1n) is 10.4. The molecule has 0 bridgehead atoms. The highest BCUT2D eigenvalue weighted by Crippen LogP contribution is 2.23. The number of benzene rings is 2. The zero-order chi connectivity index (χ0) is 24.6. The molecule has 0 saturated heterocycles. The molecule has 0 heterocycles. The van der Waals surface area contributed by atoms with E-state index in [0.717, 1.165) is 5.56 Å². The zero-order valence-corrected chi connectivity index (χ0v) is 19.5. The number of carboxylic acids is 1. The molecule has 178 valence electrons. The van der Waals surface area contributed by atoms with Crippen LogP contribution < -0.4 is 14.8 Å². The molecule has 1 atom stereocenters. The Labute approximate surface area is 193 Å². The van der Waals surface area contributed by atoms with Crippen LogP contribution in [0.3, 0.4) is 0 Å². The maximum Gasteiger partial charge on any atom is 0.414 e. The van der Waals surface area contributed by atoms with E-state index in [9.17, 15) is 14.4 Å². The van der Waals surface area contributed by atoms with Crippen molar-refractivity contribution in [3.8, 4) is 11.5 Å². The summed E-state index contributed by atoms with van der Waals surface area (Å²) in [6.07, 6.45) is -0.647. The third kappa shape index (κ3) is 8.72. The van der Waals surface area contributed by atoms with E-state index in [0.29, 0.717) is 17.9 Å². The fourth-order valence-electron chi connectivity index (χ4n) is 2.72. The number of ether oxygens (including phenoxy) is 3. The lowest BCUT2D eigenvalue weighted by atomic mass is 10.0. The number of carboxylic acid groups (broad SMARTS) is 1. The van der Waals surface area contributed by atoms with Gasteiger partial charge in [0.2, 0.25) is 0 Å². The van der Waals surface area contributed by atoms with Crippen molar-refractivity contribution in [2.45, 2.75) is 38.8 Å². The van der Waals surface area contributed by atoms with Crippen LogP contribution in [0.5, 0.6) is 11.5 Å². The Bertz CT molecular complexity index is 948. The number of rotatable bonds is 8. The number of hydrogen-bond acceptors (Lipinski definition) is 6. The van der Waals surface area contributed by atoms with Gasteiger partial charge in [0.1, 0.15) is 17.1 Å². The van der Waals surface area contributed by atoms with Crippen molar-refractivity contribution in [1.29, 1.82) is 0 Å². The molecule has 0 radical (unpaired) electrons. The smallest absolute Gasteiger partial charge is 0.414 e. The van der Waals surface area contributed by atoms with Gasteiger partial charge in [-0.25, -0.2) is 14.4 Å². The van der Waals surface area contributed by atoms with Gasteiger partial charge in [0.25, 0.3) is 0 Å². The number of aromatic carboxylic acids is 1. The summed E-state index contributed by atoms with van der Waals surface area (Å²) in [7, 11) is 3.18. The second-order valence-electron chi connectivity index (χ2n) is 8.50. The molecule has 9 nitrogen and oxygen atoms in total. The second kappa shape index (κ2) is 11.2. The first-order chi connectivity index (χ1) is 15.4. The lowest BCUT2D eigenvalue weighted by Gasteiger charge is -2.24. The summed E-state index contributed by atoms with van der Waals surface area (Å²) in [6, 6.07) is 12.4. The van der Waals surface area contributed by atoms with Crippen LogP contribution in [-0.2, 0) is 4.74 Å². The van der Waals surface area contributed by atoms with Crippen LogP contribution in [0.15, 0.2) is 48.5 Å². The highest BCUT2D eigenvalue weighted by Gasteiger charge is 2.21. The molecule has 2 aromatic carbocycles. The van der Waals surface area contributed by atoms with Gasteiger partial charge in [-0.1, -0.05) is 12.1 Å². The van der Waals surface area contributed by atoms with Crippen molar-refractivity contribution < 1.29 is 33.7 Å². The van der Waals surface area contributed by atoms with Crippen LogP contribution in [0.2, 0.25) is 0 Å². The second-order valence-corrected chi connectivity index (χ2v) is 8.50. The Balaban J connectivity index is 2.08. The first-order valence-corrected chi connectivity index (χ1v) is 10.4. The summed E-state index contributed by atoms with van der Waals surface area (Å²) >= 11 is 0. The minimum absolute atomic E-state index is 0.168. The molecule has 1 unspecified atom stereocenters. The number of nitrogens with zero attached hydrogens (tertiary/aromatic N) is 1. The van der Waals surface area contributed by atoms with Gasteiger partial charge in [-0.3, -0.25) is 0 Å². The number of carbonyl (C=O) groups excluding carboxylic acids is 2.